The predicted octanol–water partition coefficient (Wildman–Crippen LogP) is 7.22. The number of aliphatic hydroxyl groups is 1. The minimum Gasteiger partial charge on any atom is -0.507 e. The molecule has 6 rings (SSSR count). The largest absolute Gasteiger partial charge is 0.507 e. The summed E-state index contributed by atoms with van der Waals surface area (Å²) in [4.78, 5) is 0. The summed E-state index contributed by atoms with van der Waals surface area (Å²) >= 11 is 0. The van der Waals surface area contributed by atoms with E-state index in [9.17, 15) is 10.2 Å². The highest BCUT2D eigenvalue weighted by atomic mass is 16.7. The number of rotatable bonds is 14. The molecule has 0 spiro atoms. The van der Waals surface area contributed by atoms with Crippen molar-refractivity contribution in [1.29, 1.82) is 0 Å². The summed E-state index contributed by atoms with van der Waals surface area (Å²) in [6.07, 6.45) is -3.49. The Balaban J connectivity index is 1.40. The van der Waals surface area contributed by atoms with Crippen LogP contribution in [0.4, 0.5) is 0 Å². The molecule has 0 radical (unpaired) electrons. The Morgan fingerprint density at radius 2 is 1.04 bits per heavy atom. The van der Waals surface area contributed by atoms with E-state index < -0.39 is 30.2 Å². The van der Waals surface area contributed by atoms with E-state index in [2.05, 4.69) is 0 Å². The molecule has 1 heterocycles. The Labute approximate surface area is 282 Å². The van der Waals surface area contributed by atoms with Crippen LogP contribution in [0, 0.1) is 6.92 Å². The molecule has 48 heavy (non-hydrogen) atoms. The van der Waals surface area contributed by atoms with Gasteiger partial charge in [0.05, 0.1) is 38.6 Å². The van der Waals surface area contributed by atoms with Crippen LogP contribution in [-0.2, 0) is 55.9 Å². The Morgan fingerprint density at radius 3 is 1.56 bits per heavy atom. The van der Waals surface area contributed by atoms with Crippen molar-refractivity contribution in [2.75, 3.05) is 6.61 Å². The lowest BCUT2D eigenvalue weighted by atomic mass is 9.86. The monoisotopic (exact) mass is 646 g/mol. The van der Waals surface area contributed by atoms with Crippen molar-refractivity contribution in [2.24, 2.45) is 0 Å². The minimum atomic E-state index is -2.13. The minimum absolute atomic E-state index is 0.0832. The second-order valence-electron chi connectivity index (χ2n) is 12.1. The number of phenolic OH excluding ortho intramolecular Hbond substituents is 1. The molecule has 0 aliphatic carbocycles. The van der Waals surface area contributed by atoms with Crippen molar-refractivity contribution in [3.05, 3.63) is 173 Å². The van der Waals surface area contributed by atoms with Crippen LogP contribution < -0.4 is 0 Å². The number of aryl methyl sites for hydroxylation is 1. The maximum atomic E-state index is 12.7. The van der Waals surface area contributed by atoms with Crippen LogP contribution >= 0.6 is 0 Å². The quantitative estimate of drug-likeness (QED) is 0.132. The molecule has 5 aromatic rings. The van der Waals surface area contributed by atoms with E-state index in [0.29, 0.717) is 6.61 Å². The van der Waals surface area contributed by atoms with Crippen molar-refractivity contribution in [3.8, 4) is 5.75 Å². The van der Waals surface area contributed by atoms with Gasteiger partial charge >= 0.3 is 0 Å². The molecule has 0 unspecified atom stereocenters. The number of hydrogen-bond donors (Lipinski definition) is 2. The molecule has 7 heteroatoms. The van der Waals surface area contributed by atoms with Crippen LogP contribution in [0.1, 0.15) is 33.4 Å². The summed E-state index contributed by atoms with van der Waals surface area (Å²) in [6, 6.07) is 44.3. The molecule has 0 aromatic heterocycles. The molecule has 5 aromatic carbocycles. The van der Waals surface area contributed by atoms with Gasteiger partial charge in [0.15, 0.2) is 0 Å². The first-order valence-corrected chi connectivity index (χ1v) is 16.3. The summed E-state index contributed by atoms with van der Waals surface area (Å²) < 4.78 is 32.9. The summed E-state index contributed by atoms with van der Waals surface area (Å²) in [6.45, 7) is 2.98. The lowest BCUT2D eigenvalue weighted by Crippen LogP contribution is -2.65. The number of ether oxygens (including phenoxy) is 5. The normalized spacial score (nSPS) is 22.4. The Bertz CT molecular complexity index is 1680. The summed E-state index contributed by atoms with van der Waals surface area (Å²) in [5.74, 6) is -2.24. The molecule has 1 saturated heterocycles. The molecule has 1 aliphatic heterocycles. The second kappa shape index (κ2) is 16.2. The average molecular weight is 647 g/mol. The van der Waals surface area contributed by atoms with Crippen LogP contribution in [0.25, 0.3) is 0 Å². The molecule has 2 N–H and O–H groups in total. The van der Waals surface area contributed by atoms with E-state index >= 15 is 0 Å². The smallest absolute Gasteiger partial charge is 0.226 e. The lowest BCUT2D eigenvalue weighted by Gasteiger charge is -2.50. The van der Waals surface area contributed by atoms with Gasteiger partial charge in [0, 0.05) is 0 Å². The van der Waals surface area contributed by atoms with E-state index in [4.69, 9.17) is 23.7 Å². The van der Waals surface area contributed by atoms with E-state index in [-0.39, 0.29) is 37.7 Å². The molecule has 1 fully saturated rings. The molecular weight excluding hydrogens is 604 g/mol. The average Bonchev–Trinajstić information content (AvgIpc) is 3.12. The summed E-state index contributed by atoms with van der Waals surface area (Å²) in [7, 11) is 0. The van der Waals surface area contributed by atoms with E-state index in [0.717, 1.165) is 27.8 Å². The molecule has 1 aliphatic rings. The number of benzene rings is 5. The maximum absolute atomic E-state index is 12.7. The standard InChI is InChI=1S/C41H42O7/c1-30-22-23-36(42)35(24-30)41(43)40(47-28-34-20-12-5-13-21-34)39(46-27-33-18-10-4-11-19-33)38(45-26-32-16-8-3-9-17-32)37(48-41)29-44-25-31-14-6-2-7-15-31/h2-24,37-40,42-43H,25-29H2,1H3/t37-,38-,39+,40-,41+/m1/s1. The van der Waals surface area contributed by atoms with Gasteiger partial charge in [-0.25, -0.2) is 0 Å². The third-order valence-electron chi connectivity index (χ3n) is 8.48. The zero-order chi connectivity index (χ0) is 33.2. The van der Waals surface area contributed by atoms with Gasteiger partial charge in [-0.15, -0.1) is 0 Å². The zero-order valence-corrected chi connectivity index (χ0v) is 27.1. The zero-order valence-electron chi connectivity index (χ0n) is 27.1. The van der Waals surface area contributed by atoms with Crippen LogP contribution in [0.3, 0.4) is 0 Å². The molecule has 7 nitrogen and oxygen atoms in total. The lowest BCUT2D eigenvalue weighted by molar-refractivity contribution is -0.379. The van der Waals surface area contributed by atoms with Gasteiger partial charge in [-0.05, 0) is 41.3 Å². The first-order valence-electron chi connectivity index (χ1n) is 16.3. The van der Waals surface area contributed by atoms with Crippen molar-refractivity contribution < 1.29 is 33.9 Å². The second-order valence-corrected chi connectivity index (χ2v) is 12.1. The first kappa shape index (κ1) is 33.6. The molecule has 248 valence electrons. The summed E-state index contributed by atoms with van der Waals surface area (Å²) in [5.41, 5.74) is 4.85. The van der Waals surface area contributed by atoms with Gasteiger partial charge in [0.1, 0.15) is 30.2 Å². The summed E-state index contributed by atoms with van der Waals surface area (Å²) in [5, 5.41) is 23.9. The highest BCUT2D eigenvalue weighted by molar-refractivity contribution is 5.40. The Kier molecular flexibility index (Phi) is 11.3. The number of hydrogen-bond acceptors (Lipinski definition) is 7. The molecule has 5 atom stereocenters. The molecule has 0 amide bonds. The molecule has 0 saturated carbocycles. The Morgan fingerprint density at radius 1 is 0.583 bits per heavy atom. The van der Waals surface area contributed by atoms with E-state index in [1.165, 1.54) is 0 Å². The SMILES string of the molecule is Cc1ccc(O)c([C@]2(O)O[C@H](COCc3ccccc3)[C@@H](OCc3ccccc3)[C@H](OCc3ccccc3)[C@H]2OCc2ccccc2)c1. The van der Waals surface area contributed by atoms with Crippen molar-refractivity contribution in [2.45, 2.75) is 63.6 Å². The fourth-order valence-electron chi connectivity index (χ4n) is 6.01. The van der Waals surface area contributed by atoms with Crippen LogP contribution in [0.2, 0.25) is 0 Å². The fraction of sp³-hybridized carbons (Fsp3) is 0.268. The Hall–Kier alpha value is -4.34. The fourth-order valence-corrected chi connectivity index (χ4v) is 6.01. The van der Waals surface area contributed by atoms with Crippen LogP contribution in [0.5, 0.6) is 5.75 Å². The van der Waals surface area contributed by atoms with Gasteiger partial charge in [-0.3, -0.25) is 0 Å². The molecular formula is C41H42O7. The van der Waals surface area contributed by atoms with Crippen molar-refractivity contribution in [3.63, 3.8) is 0 Å². The predicted molar refractivity (Wildman–Crippen MR) is 183 cm³/mol. The third-order valence-corrected chi connectivity index (χ3v) is 8.48. The van der Waals surface area contributed by atoms with E-state index in [1.54, 1.807) is 18.2 Å². The van der Waals surface area contributed by atoms with E-state index in [1.807, 2.05) is 128 Å². The molecule has 0 bridgehead atoms. The maximum Gasteiger partial charge on any atom is 0.226 e. The highest BCUT2D eigenvalue weighted by Gasteiger charge is 2.58. The highest BCUT2D eigenvalue weighted by Crippen LogP contribution is 2.44. The number of aromatic hydroxyl groups is 1. The van der Waals surface area contributed by atoms with Gasteiger partial charge < -0.3 is 33.9 Å². The van der Waals surface area contributed by atoms with Gasteiger partial charge in [-0.2, -0.15) is 0 Å². The van der Waals surface area contributed by atoms with Crippen molar-refractivity contribution >= 4 is 0 Å². The topological polar surface area (TPSA) is 86.6 Å². The van der Waals surface area contributed by atoms with Crippen LogP contribution in [-0.4, -0.2) is 41.2 Å². The van der Waals surface area contributed by atoms with Gasteiger partial charge in [0.2, 0.25) is 5.79 Å². The third kappa shape index (κ3) is 8.38. The van der Waals surface area contributed by atoms with Gasteiger partial charge in [-0.1, -0.05) is 133 Å². The van der Waals surface area contributed by atoms with Crippen molar-refractivity contribution in [1.82, 2.24) is 0 Å². The first-order chi connectivity index (χ1) is 23.5. The number of phenols is 1. The van der Waals surface area contributed by atoms with Crippen LogP contribution in [0.15, 0.2) is 140 Å². The van der Waals surface area contributed by atoms with Gasteiger partial charge in [0.25, 0.3) is 0 Å².